The zero-order chi connectivity index (χ0) is 28.5. The lowest BCUT2D eigenvalue weighted by Crippen LogP contribution is -2.54. The fourth-order valence-corrected chi connectivity index (χ4v) is 4.22. The minimum Gasteiger partial charge on any atom is -0.508 e. The van der Waals surface area contributed by atoms with E-state index in [2.05, 4.69) is 20.9 Å². The number of aromatic hydroxyl groups is 1. The van der Waals surface area contributed by atoms with Gasteiger partial charge in [0, 0.05) is 23.5 Å². The highest BCUT2D eigenvalue weighted by atomic mass is 16.4. The van der Waals surface area contributed by atoms with Crippen LogP contribution in [0.1, 0.15) is 31.4 Å². The standard InChI is InChI=1S/C28H35N5O6/c1-16(2)11-23(33-26(36)21(29)12-17-7-9-19(34)10-8-17)27(37)31-15-25(35)32-24(28(38)39)13-18-14-30-22-6-4-3-5-20(18)22/h3-10,14,16,21,23-24,30,34H,11-13,15,29H2,1-2H3,(H,31,37)(H,32,35)(H,33,36)(H,38,39). The van der Waals surface area contributed by atoms with Crippen LogP contribution in [0.2, 0.25) is 0 Å². The monoisotopic (exact) mass is 537 g/mol. The molecule has 0 aliphatic carbocycles. The van der Waals surface area contributed by atoms with E-state index in [0.717, 1.165) is 22.0 Å². The molecule has 0 saturated heterocycles. The van der Waals surface area contributed by atoms with Crippen molar-refractivity contribution in [2.45, 2.75) is 51.2 Å². The number of amides is 3. The summed E-state index contributed by atoms with van der Waals surface area (Å²) in [5.74, 6) is -2.83. The van der Waals surface area contributed by atoms with Crippen LogP contribution >= 0.6 is 0 Å². The minimum atomic E-state index is -1.20. The molecule has 0 saturated carbocycles. The van der Waals surface area contributed by atoms with Gasteiger partial charge in [0.1, 0.15) is 17.8 Å². The maximum absolute atomic E-state index is 12.9. The maximum atomic E-state index is 12.9. The Kier molecular flexibility index (Phi) is 10.0. The molecule has 11 nitrogen and oxygen atoms in total. The first kappa shape index (κ1) is 29.2. The highest BCUT2D eigenvalue weighted by Gasteiger charge is 2.26. The van der Waals surface area contributed by atoms with E-state index in [0.29, 0.717) is 6.42 Å². The third kappa shape index (κ3) is 8.57. The van der Waals surface area contributed by atoms with Crippen LogP contribution in [0.15, 0.2) is 54.7 Å². The van der Waals surface area contributed by atoms with Crippen molar-refractivity contribution < 1.29 is 29.4 Å². The Labute approximate surface area is 226 Å². The van der Waals surface area contributed by atoms with Gasteiger partial charge in [-0.3, -0.25) is 14.4 Å². The van der Waals surface area contributed by atoms with Crippen LogP contribution in [0, 0.1) is 5.92 Å². The molecular formula is C28H35N5O6. The molecule has 1 aromatic heterocycles. The van der Waals surface area contributed by atoms with E-state index in [9.17, 15) is 29.4 Å². The molecule has 39 heavy (non-hydrogen) atoms. The van der Waals surface area contributed by atoms with Crippen LogP contribution in [-0.4, -0.2) is 63.6 Å². The van der Waals surface area contributed by atoms with Crippen molar-refractivity contribution in [1.29, 1.82) is 0 Å². The number of nitrogens with one attached hydrogen (secondary N) is 4. The average Bonchev–Trinajstić information content (AvgIpc) is 3.30. The van der Waals surface area contributed by atoms with Gasteiger partial charge in [-0.1, -0.05) is 44.2 Å². The molecule has 3 atom stereocenters. The number of benzene rings is 2. The lowest BCUT2D eigenvalue weighted by atomic mass is 10.0. The number of H-pyrrole nitrogens is 1. The largest absolute Gasteiger partial charge is 0.508 e. The van der Waals surface area contributed by atoms with E-state index in [1.807, 2.05) is 38.1 Å². The second kappa shape index (κ2) is 13.4. The molecule has 8 N–H and O–H groups in total. The van der Waals surface area contributed by atoms with Crippen LogP contribution in [0.25, 0.3) is 10.9 Å². The van der Waals surface area contributed by atoms with Crippen molar-refractivity contribution in [1.82, 2.24) is 20.9 Å². The van der Waals surface area contributed by atoms with Crippen LogP contribution in [0.3, 0.4) is 0 Å². The Bertz CT molecular complexity index is 1300. The van der Waals surface area contributed by atoms with Crippen LogP contribution in [-0.2, 0) is 32.0 Å². The number of carboxylic acid groups (broad SMARTS) is 1. The smallest absolute Gasteiger partial charge is 0.326 e. The van der Waals surface area contributed by atoms with Crippen LogP contribution < -0.4 is 21.7 Å². The Balaban J connectivity index is 1.55. The SMILES string of the molecule is CC(C)CC(NC(=O)C(N)Cc1ccc(O)cc1)C(=O)NCC(=O)NC(Cc1c[nH]c2ccccc12)C(=O)O. The first-order valence-corrected chi connectivity index (χ1v) is 12.7. The zero-order valence-electron chi connectivity index (χ0n) is 21.9. The summed E-state index contributed by atoms with van der Waals surface area (Å²) in [6.07, 6.45) is 2.28. The maximum Gasteiger partial charge on any atom is 0.326 e. The number of carbonyl (C=O) groups is 4. The van der Waals surface area contributed by atoms with Crippen molar-refractivity contribution in [3.63, 3.8) is 0 Å². The Morgan fingerprint density at radius 2 is 1.62 bits per heavy atom. The number of phenolic OH excluding ortho intramolecular Hbond substituents is 1. The highest BCUT2D eigenvalue weighted by Crippen LogP contribution is 2.19. The van der Waals surface area contributed by atoms with Gasteiger partial charge in [0.2, 0.25) is 17.7 Å². The first-order valence-electron chi connectivity index (χ1n) is 12.7. The molecule has 3 aromatic rings. The van der Waals surface area contributed by atoms with Gasteiger partial charge in [-0.25, -0.2) is 4.79 Å². The zero-order valence-corrected chi connectivity index (χ0v) is 21.9. The molecule has 3 unspecified atom stereocenters. The summed E-state index contributed by atoms with van der Waals surface area (Å²) in [4.78, 5) is 53.0. The van der Waals surface area contributed by atoms with Gasteiger partial charge in [-0.15, -0.1) is 0 Å². The second-order valence-electron chi connectivity index (χ2n) is 9.91. The number of carbonyl (C=O) groups excluding carboxylic acids is 3. The molecule has 0 bridgehead atoms. The van der Waals surface area contributed by atoms with Crippen molar-refractivity contribution >= 4 is 34.6 Å². The highest BCUT2D eigenvalue weighted by molar-refractivity contribution is 5.93. The van der Waals surface area contributed by atoms with E-state index >= 15 is 0 Å². The van der Waals surface area contributed by atoms with Crippen LogP contribution in [0.5, 0.6) is 5.75 Å². The van der Waals surface area contributed by atoms with Crippen molar-refractivity contribution in [3.05, 3.63) is 65.9 Å². The summed E-state index contributed by atoms with van der Waals surface area (Å²) in [7, 11) is 0. The quantitative estimate of drug-likeness (QED) is 0.171. The van der Waals surface area contributed by atoms with Gasteiger partial charge in [0.05, 0.1) is 12.6 Å². The van der Waals surface area contributed by atoms with Gasteiger partial charge < -0.3 is 36.9 Å². The average molecular weight is 538 g/mol. The number of hydrogen-bond donors (Lipinski definition) is 7. The van der Waals surface area contributed by atoms with Crippen LogP contribution in [0.4, 0.5) is 0 Å². The molecule has 1 heterocycles. The third-order valence-corrected chi connectivity index (χ3v) is 6.22. The number of fused-ring (bicyclic) bond motifs is 1. The van der Waals surface area contributed by atoms with Gasteiger partial charge in [-0.2, -0.15) is 0 Å². The summed E-state index contributed by atoms with van der Waals surface area (Å²) in [5, 5.41) is 27.5. The van der Waals surface area contributed by atoms with Gasteiger partial charge >= 0.3 is 5.97 Å². The Morgan fingerprint density at radius 1 is 0.923 bits per heavy atom. The number of aliphatic carboxylic acids is 1. The molecule has 2 aromatic carbocycles. The molecule has 0 spiro atoms. The van der Waals surface area contributed by atoms with E-state index < -0.39 is 48.4 Å². The topological polar surface area (TPSA) is 187 Å². The molecule has 3 rings (SSSR count). The molecule has 0 fully saturated rings. The number of carboxylic acids is 1. The summed E-state index contributed by atoms with van der Waals surface area (Å²) >= 11 is 0. The molecule has 3 amide bonds. The van der Waals surface area contributed by atoms with Gasteiger partial charge in [-0.05, 0) is 48.1 Å². The minimum absolute atomic E-state index is 0.0516. The Hall–Kier alpha value is -4.38. The first-order chi connectivity index (χ1) is 18.5. The second-order valence-corrected chi connectivity index (χ2v) is 9.91. The summed E-state index contributed by atoms with van der Waals surface area (Å²) < 4.78 is 0. The third-order valence-electron chi connectivity index (χ3n) is 6.22. The van der Waals surface area contributed by atoms with E-state index in [1.54, 1.807) is 18.3 Å². The molecule has 0 aliphatic rings. The predicted octanol–water partition coefficient (Wildman–Crippen LogP) is 1.20. The number of aromatic amines is 1. The van der Waals surface area contributed by atoms with Crippen molar-refractivity contribution in [2.24, 2.45) is 11.7 Å². The predicted molar refractivity (Wildman–Crippen MR) is 146 cm³/mol. The molecule has 208 valence electrons. The lowest BCUT2D eigenvalue weighted by Gasteiger charge is -2.22. The fraction of sp³-hybridized carbons (Fsp3) is 0.357. The van der Waals surface area contributed by atoms with E-state index in [4.69, 9.17) is 5.73 Å². The normalized spacial score (nSPS) is 13.4. The number of hydrogen-bond acceptors (Lipinski definition) is 6. The summed E-state index contributed by atoms with van der Waals surface area (Å²) in [6, 6.07) is 10.7. The molecular weight excluding hydrogens is 502 g/mol. The summed E-state index contributed by atoms with van der Waals surface area (Å²) in [5.41, 5.74) is 8.38. The number of nitrogens with two attached hydrogens (primary N) is 1. The number of aromatic nitrogens is 1. The molecule has 11 heteroatoms. The summed E-state index contributed by atoms with van der Waals surface area (Å²) in [6.45, 7) is 3.32. The van der Waals surface area contributed by atoms with Crippen molar-refractivity contribution in [2.75, 3.05) is 6.54 Å². The van der Waals surface area contributed by atoms with Gasteiger partial charge in [0.25, 0.3) is 0 Å². The lowest BCUT2D eigenvalue weighted by molar-refractivity contribution is -0.141. The number of phenols is 1. The van der Waals surface area contributed by atoms with E-state index in [-0.39, 0.29) is 24.5 Å². The molecule has 0 radical (unpaired) electrons. The fourth-order valence-electron chi connectivity index (χ4n) is 4.22. The Morgan fingerprint density at radius 3 is 2.28 bits per heavy atom. The number of para-hydroxylation sites is 1. The molecule has 0 aliphatic heterocycles. The van der Waals surface area contributed by atoms with Crippen molar-refractivity contribution in [3.8, 4) is 5.75 Å². The van der Waals surface area contributed by atoms with E-state index in [1.165, 1.54) is 12.1 Å². The van der Waals surface area contributed by atoms with Gasteiger partial charge in [0.15, 0.2) is 0 Å². The number of rotatable bonds is 13.